The van der Waals surface area contributed by atoms with Gasteiger partial charge in [-0.05, 0) is 49.4 Å². The van der Waals surface area contributed by atoms with Gasteiger partial charge < -0.3 is 19.8 Å². The smallest absolute Gasteiger partial charge is 0.248 e. The number of nitrogens with zero attached hydrogens (tertiary/aromatic N) is 1. The zero-order valence-electron chi connectivity index (χ0n) is 17.3. The summed E-state index contributed by atoms with van der Waals surface area (Å²) in [5.74, 6) is 0.622. The largest absolute Gasteiger partial charge is 0.491 e. The van der Waals surface area contributed by atoms with E-state index in [-0.39, 0.29) is 11.2 Å². The number of aryl methyl sites for hydroxylation is 1. The molecule has 0 radical (unpaired) electrons. The number of carbonyl (C=O) groups excluding carboxylic acids is 2. The minimum absolute atomic E-state index is 0.0952. The highest BCUT2D eigenvalue weighted by Crippen LogP contribution is 2.39. The van der Waals surface area contributed by atoms with Crippen LogP contribution in [0.5, 0.6) is 5.75 Å². The molecule has 1 aliphatic heterocycles. The molecule has 2 N–H and O–H groups in total. The van der Waals surface area contributed by atoms with Crippen molar-refractivity contribution in [2.24, 2.45) is 17.1 Å². The van der Waals surface area contributed by atoms with Crippen LogP contribution in [0.1, 0.15) is 58.8 Å². The standard InChI is InChI=1S/C23H28N2O4/c1-14-8-17-19(10-23(2,3)11-20(17)26)25(14)18-5-4-16(22(24)27)9-21(18)29-13-15-6-7-28-12-15/h4-5,8-9,15H,6-7,10-13H2,1-3H3,(H2,24,27). The number of carbonyl (C=O) groups is 2. The summed E-state index contributed by atoms with van der Waals surface area (Å²) in [4.78, 5) is 24.4. The number of Topliss-reactive ketones (excluding diaryl/α,β-unsaturated/α-hetero) is 1. The normalized spacial score (nSPS) is 20.5. The Morgan fingerprint density at radius 2 is 2.10 bits per heavy atom. The first kappa shape index (κ1) is 19.7. The highest BCUT2D eigenvalue weighted by Gasteiger charge is 2.34. The van der Waals surface area contributed by atoms with Gasteiger partial charge in [-0.25, -0.2) is 0 Å². The molecule has 1 atom stereocenters. The fourth-order valence-electron chi connectivity index (χ4n) is 4.38. The Morgan fingerprint density at radius 3 is 2.79 bits per heavy atom. The van der Waals surface area contributed by atoms with Crippen molar-refractivity contribution < 1.29 is 19.1 Å². The summed E-state index contributed by atoms with van der Waals surface area (Å²) in [5.41, 5.74) is 9.41. The van der Waals surface area contributed by atoms with Gasteiger partial charge in [0.1, 0.15) is 5.75 Å². The van der Waals surface area contributed by atoms with Crippen molar-refractivity contribution in [2.75, 3.05) is 19.8 Å². The molecule has 1 fully saturated rings. The highest BCUT2D eigenvalue weighted by molar-refractivity contribution is 5.99. The van der Waals surface area contributed by atoms with E-state index in [0.717, 1.165) is 42.1 Å². The second-order valence-electron chi connectivity index (χ2n) is 9.01. The molecule has 1 aromatic carbocycles. The van der Waals surface area contributed by atoms with Gasteiger partial charge in [0.25, 0.3) is 0 Å². The first-order chi connectivity index (χ1) is 13.7. The van der Waals surface area contributed by atoms with Gasteiger partial charge in [-0.3, -0.25) is 9.59 Å². The van der Waals surface area contributed by atoms with Crippen LogP contribution in [-0.2, 0) is 11.2 Å². The van der Waals surface area contributed by atoms with Crippen LogP contribution < -0.4 is 10.5 Å². The summed E-state index contributed by atoms with van der Waals surface area (Å²) >= 11 is 0. The monoisotopic (exact) mass is 396 g/mol. The number of amides is 1. The van der Waals surface area contributed by atoms with Gasteiger partial charge in [-0.1, -0.05) is 13.8 Å². The fourth-order valence-corrected chi connectivity index (χ4v) is 4.38. The summed E-state index contributed by atoms with van der Waals surface area (Å²) in [5, 5.41) is 0. The van der Waals surface area contributed by atoms with Gasteiger partial charge in [-0.2, -0.15) is 0 Å². The van der Waals surface area contributed by atoms with Crippen molar-refractivity contribution in [3.63, 3.8) is 0 Å². The van der Waals surface area contributed by atoms with Crippen molar-refractivity contribution in [1.29, 1.82) is 0 Å². The Bertz CT molecular complexity index is 967. The zero-order valence-corrected chi connectivity index (χ0v) is 17.3. The number of hydrogen-bond donors (Lipinski definition) is 1. The SMILES string of the molecule is Cc1cc2c(n1-c1ccc(C(N)=O)cc1OCC1CCOC1)CC(C)(C)CC2=O. The first-order valence-corrected chi connectivity index (χ1v) is 10.1. The van der Waals surface area contributed by atoms with Crippen LogP contribution in [0.3, 0.4) is 0 Å². The predicted molar refractivity (Wildman–Crippen MR) is 110 cm³/mol. The summed E-state index contributed by atoms with van der Waals surface area (Å²) in [6.45, 7) is 8.19. The first-order valence-electron chi connectivity index (χ1n) is 10.1. The molecule has 4 rings (SSSR count). The molecule has 154 valence electrons. The molecule has 1 amide bonds. The van der Waals surface area contributed by atoms with Crippen molar-refractivity contribution in [1.82, 2.24) is 4.57 Å². The van der Waals surface area contributed by atoms with E-state index in [4.69, 9.17) is 15.2 Å². The van der Waals surface area contributed by atoms with Crippen molar-refractivity contribution >= 4 is 11.7 Å². The third kappa shape index (κ3) is 3.81. The van der Waals surface area contributed by atoms with Crippen LogP contribution in [0, 0.1) is 18.3 Å². The third-order valence-corrected chi connectivity index (χ3v) is 5.86. The molecule has 2 aliphatic rings. The lowest BCUT2D eigenvalue weighted by molar-refractivity contribution is 0.0910. The number of fused-ring (bicyclic) bond motifs is 1. The molecule has 0 spiro atoms. The lowest BCUT2D eigenvalue weighted by atomic mass is 9.76. The topological polar surface area (TPSA) is 83.6 Å². The van der Waals surface area contributed by atoms with Crippen LogP contribution in [0.25, 0.3) is 5.69 Å². The predicted octanol–water partition coefficient (Wildman–Crippen LogP) is 3.46. The van der Waals surface area contributed by atoms with Crippen LogP contribution >= 0.6 is 0 Å². The van der Waals surface area contributed by atoms with E-state index in [0.29, 0.717) is 36.9 Å². The molecule has 1 aliphatic carbocycles. The maximum absolute atomic E-state index is 12.7. The molecular formula is C23H28N2O4. The second kappa shape index (κ2) is 7.34. The number of primary amides is 1. The molecule has 2 heterocycles. The third-order valence-electron chi connectivity index (χ3n) is 5.86. The lowest BCUT2D eigenvalue weighted by Gasteiger charge is -2.30. The van der Waals surface area contributed by atoms with Crippen LogP contribution in [-0.4, -0.2) is 36.1 Å². The average Bonchev–Trinajstić information content (AvgIpc) is 3.26. The lowest BCUT2D eigenvalue weighted by Crippen LogP contribution is -2.28. The van der Waals surface area contributed by atoms with Crippen LogP contribution in [0.2, 0.25) is 0 Å². The summed E-state index contributed by atoms with van der Waals surface area (Å²) in [6, 6.07) is 7.24. The van der Waals surface area contributed by atoms with E-state index in [9.17, 15) is 9.59 Å². The summed E-state index contributed by atoms with van der Waals surface area (Å²) in [6.07, 6.45) is 2.32. The minimum atomic E-state index is -0.492. The molecule has 6 nitrogen and oxygen atoms in total. The van der Waals surface area contributed by atoms with Crippen LogP contribution in [0.4, 0.5) is 0 Å². The summed E-state index contributed by atoms with van der Waals surface area (Å²) in [7, 11) is 0. The Balaban J connectivity index is 1.78. The molecule has 0 saturated carbocycles. The molecule has 1 aromatic heterocycles. The Morgan fingerprint density at radius 1 is 1.31 bits per heavy atom. The van der Waals surface area contributed by atoms with Crippen molar-refractivity contribution in [2.45, 2.75) is 40.0 Å². The maximum atomic E-state index is 12.7. The van der Waals surface area contributed by atoms with Gasteiger partial charge in [0.05, 0.1) is 18.9 Å². The molecule has 0 bridgehead atoms. The van der Waals surface area contributed by atoms with E-state index >= 15 is 0 Å². The minimum Gasteiger partial charge on any atom is -0.491 e. The Hall–Kier alpha value is -2.60. The zero-order chi connectivity index (χ0) is 20.8. The van der Waals surface area contributed by atoms with Gasteiger partial charge >= 0.3 is 0 Å². The Labute approximate surface area is 171 Å². The van der Waals surface area contributed by atoms with Crippen LogP contribution in [0.15, 0.2) is 24.3 Å². The maximum Gasteiger partial charge on any atom is 0.248 e. The molecule has 6 heteroatoms. The number of ketones is 1. The second-order valence-corrected chi connectivity index (χ2v) is 9.01. The quantitative estimate of drug-likeness (QED) is 0.839. The highest BCUT2D eigenvalue weighted by atomic mass is 16.5. The van der Waals surface area contributed by atoms with Gasteiger partial charge in [0.15, 0.2) is 5.78 Å². The van der Waals surface area contributed by atoms with E-state index in [1.54, 1.807) is 12.1 Å². The molecule has 2 aromatic rings. The number of ether oxygens (including phenoxy) is 2. The average molecular weight is 396 g/mol. The molecule has 1 unspecified atom stereocenters. The number of hydrogen-bond acceptors (Lipinski definition) is 4. The number of aromatic nitrogens is 1. The van der Waals surface area contributed by atoms with E-state index < -0.39 is 5.91 Å². The van der Waals surface area contributed by atoms with Gasteiger partial charge in [-0.15, -0.1) is 0 Å². The van der Waals surface area contributed by atoms with Gasteiger partial charge in [0.2, 0.25) is 5.91 Å². The molecular weight excluding hydrogens is 368 g/mol. The number of rotatable bonds is 5. The summed E-state index contributed by atoms with van der Waals surface area (Å²) < 4.78 is 13.7. The Kier molecular flexibility index (Phi) is 4.99. The van der Waals surface area contributed by atoms with E-state index in [1.807, 2.05) is 19.1 Å². The van der Waals surface area contributed by atoms with Crippen molar-refractivity contribution in [3.8, 4) is 11.4 Å². The molecule has 29 heavy (non-hydrogen) atoms. The van der Waals surface area contributed by atoms with E-state index in [2.05, 4.69) is 18.4 Å². The van der Waals surface area contributed by atoms with E-state index in [1.165, 1.54) is 0 Å². The van der Waals surface area contributed by atoms with Gasteiger partial charge in [0, 0.05) is 41.5 Å². The van der Waals surface area contributed by atoms with Crippen molar-refractivity contribution in [3.05, 3.63) is 46.8 Å². The number of nitrogens with two attached hydrogens (primary N) is 1. The fraction of sp³-hybridized carbons (Fsp3) is 0.478. The number of benzene rings is 1. The molecule has 1 saturated heterocycles.